The monoisotopic (exact) mass is 349 g/mol. The largest absolute Gasteiger partial charge is 0.486 e. The molecule has 2 aromatic heterocycles. The molecule has 1 aromatic carbocycles. The SMILES string of the molecule is Cn1c(COc2ccc(Cl)cc2)nnc1SCCn1cccn1. The van der Waals surface area contributed by atoms with Gasteiger partial charge in [-0.1, -0.05) is 23.4 Å². The lowest BCUT2D eigenvalue weighted by Gasteiger charge is -2.06. The van der Waals surface area contributed by atoms with Gasteiger partial charge in [0.25, 0.3) is 0 Å². The summed E-state index contributed by atoms with van der Waals surface area (Å²) in [5.74, 6) is 2.41. The molecular formula is C15H16ClN5OS. The number of benzene rings is 1. The topological polar surface area (TPSA) is 57.8 Å². The molecule has 23 heavy (non-hydrogen) atoms. The number of ether oxygens (including phenoxy) is 1. The maximum atomic E-state index is 5.85. The summed E-state index contributed by atoms with van der Waals surface area (Å²) in [6.07, 6.45) is 3.72. The van der Waals surface area contributed by atoms with Gasteiger partial charge in [0.15, 0.2) is 11.0 Å². The summed E-state index contributed by atoms with van der Waals surface area (Å²) in [7, 11) is 1.94. The van der Waals surface area contributed by atoms with Gasteiger partial charge in [-0.3, -0.25) is 4.68 Å². The van der Waals surface area contributed by atoms with Crippen LogP contribution < -0.4 is 4.74 Å². The number of rotatable bonds is 7. The Morgan fingerprint density at radius 1 is 1.22 bits per heavy atom. The summed E-state index contributed by atoms with van der Waals surface area (Å²) in [4.78, 5) is 0. The van der Waals surface area contributed by atoms with Gasteiger partial charge in [-0.05, 0) is 30.3 Å². The Bertz CT molecular complexity index is 742. The molecule has 0 saturated carbocycles. The number of halogens is 1. The van der Waals surface area contributed by atoms with E-state index in [0.29, 0.717) is 11.6 Å². The number of thioether (sulfide) groups is 1. The molecule has 0 aliphatic carbocycles. The van der Waals surface area contributed by atoms with Gasteiger partial charge in [-0.25, -0.2) is 0 Å². The normalized spacial score (nSPS) is 10.9. The van der Waals surface area contributed by atoms with Gasteiger partial charge in [0.1, 0.15) is 12.4 Å². The van der Waals surface area contributed by atoms with Crippen molar-refractivity contribution in [3.63, 3.8) is 0 Å². The molecule has 0 unspecified atom stereocenters. The highest BCUT2D eigenvalue weighted by Gasteiger charge is 2.10. The molecule has 2 heterocycles. The minimum absolute atomic E-state index is 0.366. The molecule has 0 bridgehead atoms. The zero-order chi connectivity index (χ0) is 16.1. The van der Waals surface area contributed by atoms with Crippen LogP contribution in [-0.4, -0.2) is 30.3 Å². The van der Waals surface area contributed by atoms with Crippen molar-refractivity contribution in [1.82, 2.24) is 24.5 Å². The fourth-order valence-electron chi connectivity index (χ4n) is 1.94. The number of hydrogen-bond donors (Lipinski definition) is 0. The number of aromatic nitrogens is 5. The lowest BCUT2D eigenvalue weighted by Crippen LogP contribution is -2.05. The number of nitrogens with zero attached hydrogens (tertiary/aromatic N) is 5. The van der Waals surface area contributed by atoms with Crippen molar-refractivity contribution in [2.45, 2.75) is 18.3 Å². The van der Waals surface area contributed by atoms with Crippen LogP contribution in [0.1, 0.15) is 5.82 Å². The minimum Gasteiger partial charge on any atom is -0.486 e. The number of aryl methyl sites for hydroxylation is 1. The first-order chi connectivity index (χ1) is 11.2. The highest BCUT2D eigenvalue weighted by atomic mass is 35.5. The summed E-state index contributed by atoms with van der Waals surface area (Å²) in [6, 6.07) is 9.17. The molecule has 0 aliphatic heterocycles. The maximum Gasteiger partial charge on any atom is 0.191 e. The zero-order valence-electron chi connectivity index (χ0n) is 12.6. The van der Waals surface area contributed by atoms with E-state index >= 15 is 0 Å². The van der Waals surface area contributed by atoms with E-state index in [-0.39, 0.29) is 0 Å². The fraction of sp³-hybridized carbons (Fsp3) is 0.267. The molecule has 0 fully saturated rings. The van der Waals surface area contributed by atoms with Gasteiger partial charge < -0.3 is 9.30 Å². The Balaban J connectivity index is 1.52. The summed E-state index contributed by atoms with van der Waals surface area (Å²) >= 11 is 7.50. The van der Waals surface area contributed by atoms with Crippen LogP contribution >= 0.6 is 23.4 Å². The maximum absolute atomic E-state index is 5.85. The third-order valence-corrected chi connectivity index (χ3v) is 4.47. The highest BCUT2D eigenvalue weighted by Crippen LogP contribution is 2.19. The molecule has 6 nitrogen and oxygen atoms in total. The lowest BCUT2D eigenvalue weighted by atomic mass is 10.3. The summed E-state index contributed by atoms with van der Waals surface area (Å²) < 4.78 is 9.54. The van der Waals surface area contributed by atoms with Crippen molar-refractivity contribution < 1.29 is 4.74 Å². The predicted molar refractivity (Wildman–Crippen MR) is 89.7 cm³/mol. The summed E-state index contributed by atoms with van der Waals surface area (Å²) in [6.45, 7) is 1.20. The van der Waals surface area contributed by atoms with E-state index in [9.17, 15) is 0 Å². The molecule has 0 amide bonds. The van der Waals surface area contributed by atoms with E-state index in [1.54, 1.807) is 30.1 Å². The van der Waals surface area contributed by atoms with Crippen LogP contribution in [0, 0.1) is 0 Å². The molecular weight excluding hydrogens is 334 g/mol. The third-order valence-electron chi connectivity index (χ3n) is 3.22. The second-order valence-corrected chi connectivity index (χ2v) is 6.32. The zero-order valence-corrected chi connectivity index (χ0v) is 14.2. The number of hydrogen-bond acceptors (Lipinski definition) is 5. The van der Waals surface area contributed by atoms with Crippen LogP contribution in [0.3, 0.4) is 0 Å². The van der Waals surface area contributed by atoms with E-state index < -0.39 is 0 Å². The quantitative estimate of drug-likeness (QED) is 0.614. The molecule has 0 spiro atoms. The predicted octanol–water partition coefficient (Wildman–Crippen LogP) is 3.04. The lowest BCUT2D eigenvalue weighted by molar-refractivity contribution is 0.290. The van der Waals surface area contributed by atoms with E-state index in [4.69, 9.17) is 16.3 Å². The van der Waals surface area contributed by atoms with E-state index in [0.717, 1.165) is 29.0 Å². The Labute approximate surface area is 143 Å². The van der Waals surface area contributed by atoms with Crippen molar-refractivity contribution >= 4 is 23.4 Å². The van der Waals surface area contributed by atoms with Gasteiger partial charge in [0.05, 0.1) is 6.54 Å². The van der Waals surface area contributed by atoms with Crippen molar-refractivity contribution in [1.29, 1.82) is 0 Å². The first kappa shape index (κ1) is 15.9. The van der Waals surface area contributed by atoms with Gasteiger partial charge in [-0.2, -0.15) is 5.10 Å². The highest BCUT2D eigenvalue weighted by molar-refractivity contribution is 7.99. The van der Waals surface area contributed by atoms with Crippen molar-refractivity contribution in [3.05, 3.63) is 53.6 Å². The second-order valence-electron chi connectivity index (χ2n) is 4.82. The standard InChI is InChI=1S/C15H16ClN5OS/c1-20-14(11-22-13-5-3-12(16)4-6-13)18-19-15(20)23-10-9-21-8-2-7-17-21/h2-8H,9-11H2,1H3. The van der Waals surface area contributed by atoms with Crippen LogP contribution in [-0.2, 0) is 20.2 Å². The van der Waals surface area contributed by atoms with Crippen LogP contribution in [0.15, 0.2) is 47.9 Å². The molecule has 0 radical (unpaired) electrons. The molecule has 3 aromatic rings. The average molecular weight is 350 g/mol. The van der Waals surface area contributed by atoms with Crippen LogP contribution in [0.5, 0.6) is 5.75 Å². The molecule has 8 heteroatoms. The Hall–Kier alpha value is -1.99. The first-order valence-electron chi connectivity index (χ1n) is 7.09. The molecule has 0 N–H and O–H groups in total. The summed E-state index contributed by atoms with van der Waals surface area (Å²) in [5.41, 5.74) is 0. The van der Waals surface area contributed by atoms with Gasteiger partial charge in [0, 0.05) is 30.2 Å². The summed E-state index contributed by atoms with van der Waals surface area (Å²) in [5, 5.41) is 14.1. The average Bonchev–Trinajstić information content (AvgIpc) is 3.18. The Morgan fingerprint density at radius 3 is 2.78 bits per heavy atom. The molecule has 120 valence electrons. The van der Waals surface area contributed by atoms with Gasteiger partial charge in [0.2, 0.25) is 0 Å². The van der Waals surface area contributed by atoms with E-state index in [2.05, 4.69) is 15.3 Å². The van der Waals surface area contributed by atoms with Crippen LogP contribution in [0.2, 0.25) is 5.02 Å². The molecule has 0 saturated heterocycles. The van der Waals surface area contributed by atoms with Crippen LogP contribution in [0.25, 0.3) is 0 Å². The van der Waals surface area contributed by atoms with Crippen molar-refractivity contribution in [2.24, 2.45) is 7.05 Å². The van der Waals surface area contributed by atoms with Crippen LogP contribution in [0.4, 0.5) is 0 Å². The third kappa shape index (κ3) is 4.27. The van der Waals surface area contributed by atoms with Crippen molar-refractivity contribution in [2.75, 3.05) is 5.75 Å². The second kappa shape index (κ2) is 7.52. The minimum atomic E-state index is 0.366. The van der Waals surface area contributed by atoms with E-state index in [1.807, 2.05) is 40.7 Å². The van der Waals surface area contributed by atoms with Crippen molar-refractivity contribution in [3.8, 4) is 5.75 Å². The molecule has 3 rings (SSSR count). The Kier molecular flexibility index (Phi) is 5.19. The fourth-order valence-corrected chi connectivity index (χ4v) is 2.92. The Morgan fingerprint density at radius 2 is 2.04 bits per heavy atom. The van der Waals surface area contributed by atoms with Gasteiger partial charge >= 0.3 is 0 Å². The molecule has 0 atom stereocenters. The smallest absolute Gasteiger partial charge is 0.191 e. The van der Waals surface area contributed by atoms with Gasteiger partial charge in [-0.15, -0.1) is 10.2 Å². The molecule has 0 aliphatic rings. The first-order valence-corrected chi connectivity index (χ1v) is 8.45. The van der Waals surface area contributed by atoms with E-state index in [1.165, 1.54) is 0 Å².